The van der Waals surface area contributed by atoms with Crippen molar-refractivity contribution < 1.29 is 31.5 Å². The molecule has 0 aromatic heterocycles. The standard InChI is InChI=1S/C20H18F5NO2/c1-19(28-18(27)20(23,24)25)11-26-7-6-13-3-2-12(9-16(13)19)8-14-10-15(21)4-5-17(14)22/h2-5,9-10,26H,6-8,11H2,1H3/t19-/m1/s1. The van der Waals surface area contributed by atoms with Gasteiger partial charge in [0, 0.05) is 18.5 Å². The van der Waals surface area contributed by atoms with Gasteiger partial charge in [0.2, 0.25) is 0 Å². The number of benzene rings is 2. The van der Waals surface area contributed by atoms with Gasteiger partial charge in [-0.3, -0.25) is 0 Å². The molecule has 1 aliphatic heterocycles. The molecular formula is C20H18F5NO2. The Morgan fingerprint density at radius 1 is 1.18 bits per heavy atom. The van der Waals surface area contributed by atoms with Crippen molar-refractivity contribution in [1.29, 1.82) is 0 Å². The number of rotatable bonds is 3. The van der Waals surface area contributed by atoms with Crippen LogP contribution in [0.3, 0.4) is 0 Å². The Morgan fingerprint density at radius 2 is 1.93 bits per heavy atom. The summed E-state index contributed by atoms with van der Waals surface area (Å²) in [6, 6.07) is 8.12. The van der Waals surface area contributed by atoms with E-state index in [0.717, 1.165) is 23.8 Å². The van der Waals surface area contributed by atoms with Gasteiger partial charge in [-0.15, -0.1) is 0 Å². The summed E-state index contributed by atoms with van der Waals surface area (Å²) < 4.78 is 70.4. The summed E-state index contributed by atoms with van der Waals surface area (Å²) in [6.45, 7) is 1.91. The summed E-state index contributed by atoms with van der Waals surface area (Å²) in [5.41, 5.74) is 0.296. The third-order valence-corrected chi connectivity index (χ3v) is 4.73. The van der Waals surface area contributed by atoms with Crippen LogP contribution in [0.2, 0.25) is 0 Å². The molecule has 0 radical (unpaired) electrons. The van der Waals surface area contributed by atoms with Gasteiger partial charge in [0.25, 0.3) is 0 Å². The fourth-order valence-electron chi connectivity index (χ4n) is 3.34. The van der Waals surface area contributed by atoms with Crippen molar-refractivity contribution in [3.63, 3.8) is 0 Å². The van der Waals surface area contributed by atoms with Crippen LogP contribution in [-0.4, -0.2) is 25.2 Å². The van der Waals surface area contributed by atoms with Crippen molar-refractivity contribution in [2.24, 2.45) is 0 Å². The molecule has 3 nitrogen and oxygen atoms in total. The molecule has 0 bridgehead atoms. The summed E-state index contributed by atoms with van der Waals surface area (Å²) in [4.78, 5) is 11.5. The lowest BCUT2D eigenvalue weighted by atomic mass is 9.88. The minimum absolute atomic E-state index is 0.000397. The highest BCUT2D eigenvalue weighted by Crippen LogP contribution is 2.34. The maximum Gasteiger partial charge on any atom is 0.490 e. The number of alkyl halides is 3. The van der Waals surface area contributed by atoms with Crippen LogP contribution in [0.25, 0.3) is 0 Å². The van der Waals surface area contributed by atoms with Crippen molar-refractivity contribution in [3.05, 3.63) is 70.3 Å². The molecule has 1 N–H and O–H groups in total. The number of esters is 1. The van der Waals surface area contributed by atoms with E-state index in [9.17, 15) is 26.7 Å². The zero-order chi connectivity index (χ0) is 20.5. The first kappa shape index (κ1) is 20.3. The summed E-state index contributed by atoms with van der Waals surface area (Å²) in [7, 11) is 0. The van der Waals surface area contributed by atoms with Crippen molar-refractivity contribution >= 4 is 5.97 Å². The van der Waals surface area contributed by atoms with Gasteiger partial charge in [-0.1, -0.05) is 18.2 Å². The van der Waals surface area contributed by atoms with Crippen molar-refractivity contribution in [1.82, 2.24) is 5.32 Å². The van der Waals surface area contributed by atoms with E-state index in [1.54, 1.807) is 18.2 Å². The summed E-state index contributed by atoms with van der Waals surface area (Å²) in [6.07, 6.45) is -4.53. The Morgan fingerprint density at radius 3 is 2.64 bits per heavy atom. The van der Waals surface area contributed by atoms with Gasteiger partial charge in [0.05, 0.1) is 0 Å². The molecule has 0 fully saturated rings. The molecule has 1 aliphatic rings. The quantitative estimate of drug-likeness (QED) is 0.626. The monoisotopic (exact) mass is 399 g/mol. The van der Waals surface area contributed by atoms with Gasteiger partial charge >= 0.3 is 12.1 Å². The lowest BCUT2D eigenvalue weighted by molar-refractivity contribution is -0.213. The van der Waals surface area contributed by atoms with Crippen molar-refractivity contribution in [2.45, 2.75) is 31.5 Å². The number of nitrogens with one attached hydrogen (secondary N) is 1. The first-order valence-electron chi connectivity index (χ1n) is 8.65. The van der Waals surface area contributed by atoms with E-state index in [4.69, 9.17) is 4.74 Å². The average Bonchev–Trinajstić information content (AvgIpc) is 2.77. The molecule has 0 aliphatic carbocycles. The Kier molecular flexibility index (Phi) is 5.43. The van der Waals surface area contributed by atoms with E-state index >= 15 is 0 Å². The van der Waals surface area contributed by atoms with Crippen LogP contribution in [0.1, 0.15) is 29.2 Å². The molecule has 0 spiro atoms. The number of ether oxygens (including phenoxy) is 1. The van der Waals surface area contributed by atoms with Crippen molar-refractivity contribution in [2.75, 3.05) is 13.1 Å². The van der Waals surface area contributed by atoms with Gasteiger partial charge < -0.3 is 10.1 Å². The fraction of sp³-hybridized carbons (Fsp3) is 0.350. The lowest BCUT2D eigenvalue weighted by Crippen LogP contribution is -2.42. The molecule has 8 heteroatoms. The van der Waals surface area contributed by atoms with Gasteiger partial charge in [0.15, 0.2) is 0 Å². The number of carbonyl (C=O) groups is 1. The second kappa shape index (κ2) is 7.50. The predicted octanol–water partition coefficient (Wildman–Crippen LogP) is 4.02. The second-order valence-electron chi connectivity index (χ2n) is 6.95. The molecule has 0 amide bonds. The van der Waals surface area contributed by atoms with E-state index in [-0.39, 0.29) is 18.5 Å². The van der Waals surface area contributed by atoms with Crippen LogP contribution in [-0.2, 0) is 28.0 Å². The zero-order valence-electron chi connectivity index (χ0n) is 15.0. The minimum atomic E-state index is -5.11. The molecule has 28 heavy (non-hydrogen) atoms. The zero-order valence-corrected chi connectivity index (χ0v) is 15.0. The Labute approximate surface area is 158 Å². The summed E-state index contributed by atoms with van der Waals surface area (Å²) in [5.74, 6) is -3.44. The number of fused-ring (bicyclic) bond motifs is 1. The van der Waals surface area contributed by atoms with Crippen LogP contribution in [0.4, 0.5) is 22.0 Å². The van der Waals surface area contributed by atoms with Crippen LogP contribution in [0, 0.1) is 11.6 Å². The van der Waals surface area contributed by atoms with Gasteiger partial charge in [-0.05, 0) is 54.8 Å². The first-order valence-corrected chi connectivity index (χ1v) is 8.65. The van der Waals surface area contributed by atoms with E-state index in [1.165, 1.54) is 6.92 Å². The molecular weight excluding hydrogens is 381 g/mol. The molecule has 3 rings (SSSR count). The summed E-state index contributed by atoms with van der Waals surface area (Å²) >= 11 is 0. The van der Waals surface area contributed by atoms with Gasteiger partial charge in [-0.25, -0.2) is 13.6 Å². The molecule has 150 valence electrons. The molecule has 0 saturated carbocycles. The maximum absolute atomic E-state index is 13.9. The SMILES string of the molecule is C[C@@]1(OC(=O)C(F)(F)F)CNCCc2ccc(Cc3cc(F)ccc3F)cc21. The third kappa shape index (κ3) is 4.32. The molecule has 2 aromatic rings. The summed E-state index contributed by atoms with van der Waals surface area (Å²) in [5, 5.41) is 2.97. The maximum atomic E-state index is 13.9. The van der Waals surface area contributed by atoms with E-state index in [2.05, 4.69) is 5.32 Å². The molecule has 0 saturated heterocycles. The number of halogens is 5. The molecule has 1 heterocycles. The van der Waals surface area contributed by atoms with E-state index in [0.29, 0.717) is 24.1 Å². The van der Waals surface area contributed by atoms with Gasteiger partial charge in [-0.2, -0.15) is 13.2 Å². The van der Waals surface area contributed by atoms with Crippen LogP contribution < -0.4 is 5.32 Å². The largest absolute Gasteiger partial charge is 0.490 e. The smallest absolute Gasteiger partial charge is 0.446 e. The third-order valence-electron chi connectivity index (χ3n) is 4.73. The minimum Gasteiger partial charge on any atom is -0.446 e. The van der Waals surface area contributed by atoms with Crippen molar-refractivity contribution in [3.8, 4) is 0 Å². The second-order valence-corrected chi connectivity index (χ2v) is 6.95. The van der Waals surface area contributed by atoms with Crippen LogP contribution >= 0.6 is 0 Å². The molecule has 2 aromatic carbocycles. The fourth-order valence-corrected chi connectivity index (χ4v) is 3.34. The van der Waals surface area contributed by atoms with Gasteiger partial charge in [0.1, 0.15) is 17.2 Å². The first-order chi connectivity index (χ1) is 13.1. The Balaban J connectivity index is 1.97. The Bertz CT molecular complexity index is 897. The number of carbonyl (C=O) groups excluding carboxylic acids is 1. The predicted molar refractivity (Wildman–Crippen MR) is 91.7 cm³/mol. The molecule has 0 unspecified atom stereocenters. The van der Waals surface area contributed by atoms with E-state index < -0.39 is 29.4 Å². The van der Waals surface area contributed by atoms with Crippen LogP contribution in [0.5, 0.6) is 0 Å². The highest BCUT2D eigenvalue weighted by Gasteiger charge is 2.46. The lowest BCUT2D eigenvalue weighted by Gasteiger charge is -2.31. The number of hydrogen-bond donors (Lipinski definition) is 1. The average molecular weight is 399 g/mol. The topological polar surface area (TPSA) is 38.3 Å². The number of hydrogen-bond acceptors (Lipinski definition) is 3. The normalized spacial score (nSPS) is 19.6. The highest BCUT2D eigenvalue weighted by molar-refractivity contribution is 5.76. The Hall–Kier alpha value is -2.48. The van der Waals surface area contributed by atoms with E-state index in [1.807, 2.05) is 0 Å². The van der Waals surface area contributed by atoms with Crippen LogP contribution in [0.15, 0.2) is 36.4 Å². The molecule has 1 atom stereocenters. The highest BCUT2D eigenvalue weighted by atomic mass is 19.4.